The number of carbonyl (C=O) groups is 1. The quantitative estimate of drug-likeness (QED) is 0.740. The van der Waals surface area contributed by atoms with Gasteiger partial charge < -0.3 is 4.90 Å². The minimum atomic E-state index is -3.59. The number of carbonyl (C=O) groups excluding carboxylic acids is 1. The fraction of sp³-hybridized carbons (Fsp3) is 0.381. The molecule has 3 rings (SSSR count). The number of hydrogen-bond donors (Lipinski definition) is 0. The molecular weight excluding hydrogens is 396 g/mol. The highest BCUT2D eigenvalue weighted by atomic mass is 35.5. The van der Waals surface area contributed by atoms with E-state index in [1.54, 1.807) is 48.3 Å². The lowest BCUT2D eigenvalue weighted by Crippen LogP contribution is -2.45. The fourth-order valence-corrected chi connectivity index (χ4v) is 5.12. The summed E-state index contributed by atoms with van der Waals surface area (Å²) in [6, 6.07) is 14.2. The zero-order chi connectivity index (χ0) is 20.3. The molecule has 1 saturated heterocycles. The first-order valence-corrected chi connectivity index (χ1v) is 11.2. The third-order valence-corrected chi connectivity index (χ3v) is 7.23. The van der Waals surface area contributed by atoms with Gasteiger partial charge in [-0.3, -0.25) is 4.79 Å². The van der Waals surface area contributed by atoms with Gasteiger partial charge in [0.15, 0.2) is 0 Å². The van der Waals surface area contributed by atoms with Crippen LogP contribution in [0.25, 0.3) is 0 Å². The summed E-state index contributed by atoms with van der Waals surface area (Å²) in [5, 5.41) is 0.655. The molecular formula is C21H25ClN2O3S. The Morgan fingerprint density at radius 2 is 1.79 bits per heavy atom. The average molecular weight is 421 g/mol. The minimum absolute atomic E-state index is 0.0289. The standard InChI is InChI=1S/C21H25ClN2O3S/c1-16-5-11-20(12-6-16)28(26,27)24-13-3-4-18(15-24)21(25)23(2)14-17-7-9-19(22)10-8-17/h5-12,18H,3-4,13-15H2,1-2H3/t18-/m0/s1. The lowest BCUT2D eigenvalue weighted by atomic mass is 9.98. The van der Waals surface area contributed by atoms with Crippen molar-refractivity contribution in [2.24, 2.45) is 5.92 Å². The highest BCUT2D eigenvalue weighted by molar-refractivity contribution is 7.89. The van der Waals surface area contributed by atoms with Crippen molar-refractivity contribution in [3.8, 4) is 0 Å². The summed E-state index contributed by atoms with van der Waals surface area (Å²) in [6.45, 7) is 3.06. The molecule has 0 aliphatic carbocycles. The topological polar surface area (TPSA) is 57.7 Å². The van der Waals surface area contributed by atoms with Crippen LogP contribution >= 0.6 is 11.6 Å². The van der Waals surface area contributed by atoms with Gasteiger partial charge in [0.05, 0.1) is 10.8 Å². The molecule has 0 radical (unpaired) electrons. The number of piperidine rings is 1. The Balaban J connectivity index is 1.68. The molecule has 1 atom stereocenters. The van der Waals surface area contributed by atoms with Crippen molar-refractivity contribution in [1.29, 1.82) is 0 Å². The summed E-state index contributed by atoms with van der Waals surface area (Å²) in [7, 11) is -1.83. The van der Waals surface area contributed by atoms with Gasteiger partial charge in [0.25, 0.3) is 0 Å². The fourth-order valence-electron chi connectivity index (χ4n) is 3.47. The highest BCUT2D eigenvalue weighted by Crippen LogP contribution is 2.25. The molecule has 0 unspecified atom stereocenters. The smallest absolute Gasteiger partial charge is 0.243 e. The zero-order valence-corrected chi connectivity index (χ0v) is 17.7. The molecule has 0 aromatic heterocycles. The van der Waals surface area contributed by atoms with E-state index in [2.05, 4.69) is 0 Å². The number of aryl methyl sites for hydroxylation is 1. The van der Waals surface area contributed by atoms with Gasteiger partial charge in [-0.05, 0) is 49.6 Å². The predicted molar refractivity (Wildman–Crippen MR) is 111 cm³/mol. The van der Waals surface area contributed by atoms with Gasteiger partial charge in [-0.15, -0.1) is 0 Å². The van der Waals surface area contributed by atoms with Crippen LogP contribution in [-0.4, -0.2) is 43.7 Å². The Morgan fingerprint density at radius 3 is 2.43 bits per heavy atom. The second-order valence-electron chi connectivity index (χ2n) is 7.34. The van der Waals surface area contributed by atoms with Gasteiger partial charge in [-0.1, -0.05) is 41.4 Å². The molecule has 1 fully saturated rings. The average Bonchev–Trinajstić information content (AvgIpc) is 2.69. The number of sulfonamides is 1. The van der Waals surface area contributed by atoms with E-state index < -0.39 is 10.0 Å². The van der Waals surface area contributed by atoms with Crippen LogP contribution in [0.5, 0.6) is 0 Å². The molecule has 1 aliphatic heterocycles. The van der Waals surface area contributed by atoms with Gasteiger partial charge in [0.1, 0.15) is 0 Å². The Hall–Kier alpha value is -1.89. The molecule has 1 aliphatic rings. The van der Waals surface area contributed by atoms with Crippen LogP contribution in [0.4, 0.5) is 0 Å². The minimum Gasteiger partial charge on any atom is -0.341 e. The van der Waals surface area contributed by atoms with Crippen LogP contribution in [0.1, 0.15) is 24.0 Å². The van der Waals surface area contributed by atoms with E-state index in [1.807, 2.05) is 19.1 Å². The summed E-state index contributed by atoms with van der Waals surface area (Å²) >= 11 is 5.91. The summed E-state index contributed by atoms with van der Waals surface area (Å²) in [5.74, 6) is -0.356. The van der Waals surface area contributed by atoms with Crippen molar-refractivity contribution >= 4 is 27.5 Å². The second kappa shape index (κ2) is 8.64. The molecule has 0 bridgehead atoms. The van der Waals surface area contributed by atoms with Crippen LogP contribution in [0, 0.1) is 12.8 Å². The molecule has 0 spiro atoms. The first-order chi connectivity index (χ1) is 13.3. The number of rotatable bonds is 5. The Morgan fingerprint density at radius 1 is 1.14 bits per heavy atom. The lowest BCUT2D eigenvalue weighted by Gasteiger charge is -2.33. The number of halogens is 1. The van der Waals surface area contributed by atoms with Crippen molar-refractivity contribution < 1.29 is 13.2 Å². The third-order valence-electron chi connectivity index (χ3n) is 5.10. The molecule has 0 N–H and O–H groups in total. The van der Waals surface area contributed by atoms with E-state index in [0.29, 0.717) is 31.0 Å². The van der Waals surface area contributed by atoms with Gasteiger partial charge in [0.2, 0.25) is 15.9 Å². The number of benzene rings is 2. The molecule has 2 aromatic rings. The monoisotopic (exact) mass is 420 g/mol. The number of hydrogen-bond acceptors (Lipinski definition) is 3. The number of nitrogens with zero attached hydrogens (tertiary/aromatic N) is 2. The summed E-state index contributed by atoms with van der Waals surface area (Å²) in [5.41, 5.74) is 2.00. The van der Waals surface area contributed by atoms with Gasteiger partial charge >= 0.3 is 0 Å². The van der Waals surface area contributed by atoms with Gasteiger partial charge in [-0.25, -0.2) is 8.42 Å². The molecule has 5 nitrogen and oxygen atoms in total. The van der Waals surface area contributed by atoms with Gasteiger partial charge in [-0.2, -0.15) is 4.31 Å². The van der Waals surface area contributed by atoms with E-state index >= 15 is 0 Å². The first kappa shape index (κ1) is 20.8. The van der Waals surface area contributed by atoms with E-state index in [1.165, 1.54) is 4.31 Å². The van der Waals surface area contributed by atoms with Crippen molar-refractivity contribution in [2.75, 3.05) is 20.1 Å². The van der Waals surface area contributed by atoms with Crippen LogP contribution in [0.15, 0.2) is 53.4 Å². The maximum atomic E-state index is 12.9. The Bertz CT molecular complexity index is 927. The number of amides is 1. The molecule has 1 heterocycles. The normalized spacial score (nSPS) is 18.0. The largest absolute Gasteiger partial charge is 0.341 e. The summed E-state index contributed by atoms with van der Waals surface area (Å²) in [4.78, 5) is 14.8. The van der Waals surface area contributed by atoms with Crippen molar-refractivity contribution in [3.05, 3.63) is 64.7 Å². The van der Waals surface area contributed by atoms with Crippen LogP contribution in [0.3, 0.4) is 0 Å². The molecule has 2 aromatic carbocycles. The second-order valence-corrected chi connectivity index (χ2v) is 9.71. The molecule has 150 valence electrons. The van der Waals surface area contributed by atoms with Crippen LogP contribution in [0.2, 0.25) is 5.02 Å². The molecule has 0 saturated carbocycles. The first-order valence-electron chi connectivity index (χ1n) is 9.33. The molecule has 1 amide bonds. The Labute approximate surface area is 172 Å². The van der Waals surface area contributed by atoms with Crippen molar-refractivity contribution in [1.82, 2.24) is 9.21 Å². The van der Waals surface area contributed by atoms with Crippen molar-refractivity contribution in [2.45, 2.75) is 31.2 Å². The third kappa shape index (κ3) is 4.74. The van der Waals surface area contributed by atoms with E-state index in [0.717, 1.165) is 11.1 Å². The maximum absolute atomic E-state index is 12.9. The summed E-state index contributed by atoms with van der Waals surface area (Å²) in [6.07, 6.45) is 1.37. The SMILES string of the molecule is Cc1ccc(S(=O)(=O)N2CCC[C@H](C(=O)N(C)Cc3ccc(Cl)cc3)C2)cc1. The Kier molecular flexibility index (Phi) is 6.43. The molecule has 28 heavy (non-hydrogen) atoms. The van der Waals surface area contributed by atoms with Crippen LogP contribution < -0.4 is 0 Å². The van der Waals surface area contributed by atoms with Crippen LogP contribution in [-0.2, 0) is 21.4 Å². The zero-order valence-electron chi connectivity index (χ0n) is 16.1. The van der Waals surface area contributed by atoms with Crippen molar-refractivity contribution in [3.63, 3.8) is 0 Å². The van der Waals surface area contributed by atoms with Gasteiger partial charge in [0, 0.05) is 31.7 Å². The summed E-state index contributed by atoms with van der Waals surface area (Å²) < 4.78 is 27.3. The van der Waals surface area contributed by atoms with E-state index in [-0.39, 0.29) is 23.3 Å². The van der Waals surface area contributed by atoms with E-state index in [4.69, 9.17) is 11.6 Å². The predicted octanol–water partition coefficient (Wildman–Crippen LogP) is 3.71. The maximum Gasteiger partial charge on any atom is 0.243 e. The molecule has 7 heteroatoms. The highest BCUT2D eigenvalue weighted by Gasteiger charge is 2.34. The lowest BCUT2D eigenvalue weighted by molar-refractivity contribution is -0.135. The van der Waals surface area contributed by atoms with E-state index in [9.17, 15) is 13.2 Å².